The van der Waals surface area contributed by atoms with Gasteiger partial charge in [-0.2, -0.15) is 14.6 Å². The predicted octanol–water partition coefficient (Wildman–Crippen LogP) is 2.39. The molecule has 6 nitrogen and oxygen atoms in total. The molecule has 3 heterocycles. The topological polar surface area (TPSA) is 77.5 Å². The highest BCUT2D eigenvalue weighted by atomic mass is 79.9. The Hall–Kier alpha value is -2.58. The summed E-state index contributed by atoms with van der Waals surface area (Å²) < 4.78 is 8.31. The third kappa shape index (κ3) is 2.94. The van der Waals surface area contributed by atoms with Crippen molar-refractivity contribution in [1.82, 2.24) is 14.6 Å². The van der Waals surface area contributed by atoms with Gasteiger partial charge in [-0.1, -0.05) is 39.4 Å². The van der Waals surface area contributed by atoms with Crippen LogP contribution in [0.5, 0.6) is 0 Å². The van der Waals surface area contributed by atoms with E-state index in [-0.39, 0.29) is 16.2 Å². The van der Waals surface area contributed by atoms with Crippen LogP contribution < -0.4 is 15.7 Å². The molecule has 0 aliphatic heterocycles. The maximum absolute atomic E-state index is 12.4. The van der Waals surface area contributed by atoms with Crippen molar-refractivity contribution < 1.29 is 4.42 Å². The summed E-state index contributed by atoms with van der Waals surface area (Å²) >= 11 is 4.53. The summed E-state index contributed by atoms with van der Waals surface area (Å²) in [6.07, 6.45) is 1.63. The standard InChI is InChI=1S/C17H10BrN3O3S/c1-9-15(22)19-17-21(20-9)16(23)14(25-17)8-12-5-6-13(24-12)10-3-2-4-11(18)7-10/h2-8H,1H3/b14-8-. The van der Waals surface area contributed by atoms with E-state index in [0.717, 1.165) is 25.9 Å². The van der Waals surface area contributed by atoms with E-state index < -0.39 is 5.56 Å². The molecule has 4 aromatic rings. The molecule has 0 aliphatic rings. The zero-order valence-corrected chi connectivity index (χ0v) is 15.3. The number of fused-ring (bicyclic) bond motifs is 1. The lowest BCUT2D eigenvalue weighted by molar-refractivity contribution is 0.571. The highest BCUT2D eigenvalue weighted by Crippen LogP contribution is 2.25. The Morgan fingerprint density at radius 1 is 1.24 bits per heavy atom. The molecular formula is C17H10BrN3O3S. The number of benzene rings is 1. The van der Waals surface area contributed by atoms with Crippen LogP contribution in [0, 0.1) is 6.92 Å². The van der Waals surface area contributed by atoms with Gasteiger partial charge in [0.1, 0.15) is 21.7 Å². The Morgan fingerprint density at radius 2 is 2.08 bits per heavy atom. The number of rotatable bonds is 2. The van der Waals surface area contributed by atoms with E-state index in [0.29, 0.717) is 16.1 Å². The molecule has 3 aromatic heterocycles. The van der Waals surface area contributed by atoms with Crippen LogP contribution >= 0.6 is 27.3 Å². The molecule has 0 bridgehead atoms. The Morgan fingerprint density at radius 3 is 2.88 bits per heavy atom. The second-order valence-electron chi connectivity index (χ2n) is 5.32. The number of aromatic nitrogens is 3. The molecule has 0 spiro atoms. The van der Waals surface area contributed by atoms with Crippen molar-refractivity contribution in [3.8, 4) is 11.3 Å². The lowest BCUT2D eigenvalue weighted by Crippen LogP contribution is -2.27. The van der Waals surface area contributed by atoms with Gasteiger partial charge in [0, 0.05) is 16.1 Å². The van der Waals surface area contributed by atoms with Crippen molar-refractivity contribution >= 4 is 38.3 Å². The molecule has 0 saturated carbocycles. The van der Waals surface area contributed by atoms with Crippen LogP contribution in [0.25, 0.3) is 22.4 Å². The SMILES string of the molecule is Cc1nn2c(=O)/c(=C/c3ccc(-c4cccc(Br)c4)o3)sc2nc1=O. The first kappa shape index (κ1) is 15.9. The molecule has 8 heteroatoms. The van der Waals surface area contributed by atoms with E-state index in [1.54, 1.807) is 12.1 Å². The van der Waals surface area contributed by atoms with Crippen LogP contribution in [0.3, 0.4) is 0 Å². The van der Waals surface area contributed by atoms with Crippen LogP contribution in [0.4, 0.5) is 0 Å². The average molecular weight is 416 g/mol. The molecule has 1 aromatic carbocycles. The van der Waals surface area contributed by atoms with E-state index in [9.17, 15) is 9.59 Å². The second kappa shape index (κ2) is 6.05. The first-order chi connectivity index (χ1) is 12.0. The van der Waals surface area contributed by atoms with Gasteiger partial charge >= 0.3 is 0 Å². The van der Waals surface area contributed by atoms with Crippen LogP contribution in [-0.2, 0) is 0 Å². The van der Waals surface area contributed by atoms with Crippen molar-refractivity contribution in [3.05, 3.63) is 77.6 Å². The molecule has 0 aliphatic carbocycles. The number of hydrogen-bond acceptors (Lipinski definition) is 6. The molecule has 0 radical (unpaired) electrons. The molecule has 0 unspecified atom stereocenters. The minimum absolute atomic E-state index is 0.189. The van der Waals surface area contributed by atoms with Crippen LogP contribution in [-0.4, -0.2) is 14.6 Å². The monoisotopic (exact) mass is 415 g/mol. The van der Waals surface area contributed by atoms with Crippen LogP contribution in [0.15, 0.2) is 54.9 Å². The Bertz CT molecular complexity index is 1270. The average Bonchev–Trinajstić information content (AvgIpc) is 3.15. The Labute approximate surface area is 153 Å². The zero-order chi connectivity index (χ0) is 17.6. The number of halogens is 1. The lowest BCUT2D eigenvalue weighted by atomic mass is 10.2. The van der Waals surface area contributed by atoms with Crippen molar-refractivity contribution in [2.45, 2.75) is 6.92 Å². The van der Waals surface area contributed by atoms with E-state index in [2.05, 4.69) is 26.0 Å². The van der Waals surface area contributed by atoms with Gasteiger partial charge in [0.15, 0.2) is 0 Å². The first-order valence-electron chi connectivity index (χ1n) is 7.29. The van der Waals surface area contributed by atoms with E-state index in [1.165, 1.54) is 6.92 Å². The molecule has 0 N–H and O–H groups in total. The quantitative estimate of drug-likeness (QED) is 0.502. The van der Waals surface area contributed by atoms with Gasteiger partial charge in [-0.05, 0) is 31.2 Å². The predicted molar refractivity (Wildman–Crippen MR) is 98.8 cm³/mol. The molecule has 4 rings (SSSR count). The number of hydrogen-bond donors (Lipinski definition) is 0. The van der Waals surface area contributed by atoms with Crippen molar-refractivity contribution in [3.63, 3.8) is 0 Å². The number of nitrogens with zero attached hydrogens (tertiary/aromatic N) is 3. The Kier molecular flexibility index (Phi) is 3.85. The molecule has 25 heavy (non-hydrogen) atoms. The van der Waals surface area contributed by atoms with E-state index in [1.807, 2.05) is 30.3 Å². The fourth-order valence-corrected chi connectivity index (χ4v) is 3.63. The molecular weight excluding hydrogens is 406 g/mol. The molecule has 0 amide bonds. The normalized spacial score (nSPS) is 12.2. The van der Waals surface area contributed by atoms with E-state index >= 15 is 0 Å². The maximum Gasteiger partial charge on any atom is 0.295 e. The van der Waals surface area contributed by atoms with Gasteiger partial charge in [-0.3, -0.25) is 9.59 Å². The zero-order valence-electron chi connectivity index (χ0n) is 12.9. The van der Waals surface area contributed by atoms with Gasteiger partial charge < -0.3 is 4.42 Å². The second-order valence-corrected chi connectivity index (χ2v) is 7.25. The minimum Gasteiger partial charge on any atom is -0.457 e. The van der Waals surface area contributed by atoms with Gasteiger partial charge in [0.05, 0.1) is 0 Å². The highest BCUT2D eigenvalue weighted by Gasteiger charge is 2.09. The maximum atomic E-state index is 12.4. The third-order valence-electron chi connectivity index (χ3n) is 3.55. The summed E-state index contributed by atoms with van der Waals surface area (Å²) in [7, 11) is 0. The van der Waals surface area contributed by atoms with Crippen LogP contribution in [0.2, 0.25) is 0 Å². The smallest absolute Gasteiger partial charge is 0.295 e. The lowest BCUT2D eigenvalue weighted by Gasteiger charge is -1.96. The Balaban J connectivity index is 1.82. The van der Waals surface area contributed by atoms with Crippen molar-refractivity contribution in [2.24, 2.45) is 0 Å². The van der Waals surface area contributed by atoms with Crippen LogP contribution in [0.1, 0.15) is 11.5 Å². The third-order valence-corrected chi connectivity index (χ3v) is 5.00. The summed E-state index contributed by atoms with van der Waals surface area (Å²) in [5.41, 5.74) is 0.365. The summed E-state index contributed by atoms with van der Waals surface area (Å²) in [6.45, 7) is 1.53. The van der Waals surface area contributed by atoms with Gasteiger partial charge in [0.25, 0.3) is 11.1 Å². The minimum atomic E-state index is -0.428. The molecule has 0 saturated heterocycles. The molecule has 124 valence electrons. The number of aryl methyl sites for hydroxylation is 1. The molecule has 0 atom stereocenters. The van der Waals surface area contributed by atoms with Gasteiger partial charge in [0.2, 0.25) is 4.96 Å². The van der Waals surface area contributed by atoms with Gasteiger partial charge in [-0.15, -0.1) is 0 Å². The summed E-state index contributed by atoms with van der Waals surface area (Å²) in [6, 6.07) is 11.4. The van der Waals surface area contributed by atoms with E-state index in [4.69, 9.17) is 4.42 Å². The molecule has 0 fully saturated rings. The number of furan rings is 1. The number of thiazole rings is 1. The van der Waals surface area contributed by atoms with Crippen molar-refractivity contribution in [2.75, 3.05) is 0 Å². The first-order valence-corrected chi connectivity index (χ1v) is 8.90. The fraction of sp³-hybridized carbons (Fsp3) is 0.0588. The highest BCUT2D eigenvalue weighted by molar-refractivity contribution is 9.10. The summed E-state index contributed by atoms with van der Waals surface area (Å²) in [5.74, 6) is 1.24. The summed E-state index contributed by atoms with van der Waals surface area (Å²) in [4.78, 5) is 28.1. The summed E-state index contributed by atoms with van der Waals surface area (Å²) in [5, 5.41) is 3.98. The van der Waals surface area contributed by atoms with Crippen molar-refractivity contribution in [1.29, 1.82) is 0 Å². The largest absolute Gasteiger partial charge is 0.457 e. The van der Waals surface area contributed by atoms with Gasteiger partial charge in [-0.25, -0.2) is 0 Å². The fourth-order valence-electron chi connectivity index (χ4n) is 2.34.